The first kappa shape index (κ1) is 22.1. The molecule has 6 heteroatoms. The van der Waals surface area contributed by atoms with Crippen LogP contribution in [-0.2, 0) is 6.18 Å². The van der Waals surface area contributed by atoms with E-state index in [4.69, 9.17) is 4.74 Å². The van der Waals surface area contributed by atoms with Gasteiger partial charge in [-0.1, -0.05) is 72.9 Å². The molecule has 0 saturated carbocycles. The van der Waals surface area contributed by atoms with Gasteiger partial charge in [-0.05, 0) is 41.6 Å². The van der Waals surface area contributed by atoms with E-state index in [1.165, 1.54) is 5.19 Å². The molecule has 3 aromatic rings. The van der Waals surface area contributed by atoms with Gasteiger partial charge in [0.25, 0.3) is 0 Å². The Hall–Kier alpha value is -2.57. The van der Waals surface area contributed by atoms with Crippen LogP contribution >= 0.6 is 0 Å². The molecule has 0 aliphatic rings. The van der Waals surface area contributed by atoms with Gasteiger partial charge in [-0.2, -0.15) is 13.2 Å². The highest BCUT2D eigenvalue weighted by atomic mass is 28.3. The average Bonchev–Trinajstić information content (AvgIpc) is 2.74. The van der Waals surface area contributed by atoms with E-state index in [9.17, 15) is 13.2 Å². The molecule has 1 N–H and O–H groups in total. The number of alkyl halides is 3. The zero-order valence-electron chi connectivity index (χ0n) is 17.3. The van der Waals surface area contributed by atoms with Crippen LogP contribution < -0.4 is 15.2 Å². The monoisotopic (exact) mass is 429 g/mol. The summed E-state index contributed by atoms with van der Waals surface area (Å²) >= 11 is 0. The van der Waals surface area contributed by atoms with Crippen molar-refractivity contribution in [2.75, 3.05) is 13.3 Å². The fraction of sp³-hybridized carbons (Fsp3) is 0.250. The topological polar surface area (TPSA) is 21.3 Å². The number of halogens is 3. The molecule has 0 amide bonds. The molecule has 0 radical (unpaired) electrons. The maximum atomic E-state index is 13.0. The minimum absolute atomic E-state index is 0.214. The SMILES string of the molecule is COc1ccc(C(NC[Si](C)(C)c2ccccc2)c2ccc(C(F)(F)F)cc2)cc1. The summed E-state index contributed by atoms with van der Waals surface area (Å²) in [5, 5.41) is 4.96. The molecule has 30 heavy (non-hydrogen) atoms. The average molecular weight is 430 g/mol. The minimum Gasteiger partial charge on any atom is -0.497 e. The number of ether oxygens (including phenoxy) is 1. The van der Waals surface area contributed by atoms with E-state index in [-0.39, 0.29) is 6.04 Å². The van der Waals surface area contributed by atoms with Crippen molar-refractivity contribution >= 4 is 13.3 Å². The van der Waals surface area contributed by atoms with E-state index in [0.717, 1.165) is 35.2 Å². The van der Waals surface area contributed by atoms with E-state index in [1.54, 1.807) is 19.2 Å². The quantitative estimate of drug-likeness (QED) is 0.498. The molecule has 2 nitrogen and oxygen atoms in total. The van der Waals surface area contributed by atoms with E-state index < -0.39 is 19.8 Å². The second-order valence-electron chi connectivity index (χ2n) is 7.96. The van der Waals surface area contributed by atoms with Crippen molar-refractivity contribution in [2.24, 2.45) is 0 Å². The maximum absolute atomic E-state index is 13.0. The zero-order valence-corrected chi connectivity index (χ0v) is 18.3. The molecule has 158 valence electrons. The first-order valence-electron chi connectivity index (χ1n) is 9.81. The number of nitrogens with one attached hydrogen (secondary N) is 1. The molecule has 0 aliphatic carbocycles. The number of rotatable bonds is 7. The van der Waals surface area contributed by atoms with Crippen molar-refractivity contribution < 1.29 is 17.9 Å². The fourth-order valence-corrected chi connectivity index (χ4v) is 5.45. The molecule has 0 bridgehead atoms. The zero-order chi connectivity index (χ0) is 21.8. The summed E-state index contributed by atoms with van der Waals surface area (Å²) < 4.78 is 44.2. The minimum atomic E-state index is -4.34. The first-order valence-corrected chi connectivity index (χ1v) is 13.0. The lowest BCUT2D eigenvalue weighted by Gasteiger charge is -2.28. The Balaban J connectivity index is 1.89. The first-order chi connectivity index (χ1) is 14.2. The van der Waals surface area contributed by atoms with Gasteiger partial charge in [0.05, 0.1) is 26.8 Å². The molecule has 0 aliphatic heterocycles. The van der Waals surface area contributed by atoms with Gasteiger partial charge in [0.15, 0.2) is 0 Å². The summed E-state index contributed by atoms with van der Waals surface area (Å²) in [5.74, 6) is 0.740. The van der Waals surface area contributed by atoms with Crippen molar-refractivity contribution in [1.82, 2.24) is 5.32 Å². The van der Waals surface area contributed by atoms with Gasteiger partial charge in [-0.15, -0.1) is 0 Å². The highest BCUT2D eigenvalue weighted by Gasteiger charge is 2.31. The van der Waals surface area contributed by atoms with Gasteiger partial charge in [-0.25, -0.2) is 0 Å². The Morgan fingerprint density at radius 2 is 1.37 bits per heavy atom. The fourth-order valence-electron chi connectivity index (χ4n) is 3.44. The van der Waals surface area contributed by atoms with Crippen LogP contribution in [0.1, 0.15) is 22.7 Å². The van der Waals surface area contributed by atoms with E-state index in [1.807, 2.05) is 42.5 Å². The normalized spacial score (nSPS) is 13.1. The molecule has 1 unspecified atom stereocenters. The third-order valence-corrected chi connectivity index (χ3v) is 8.31. The molecule has 0 fully saturated rings. The lowest BCUT2D eigenvalue weighted by atomic mass is 9.97. The smallest absolute Gasteiger partial charge is 0.416 e. The Morgan fingerprint density at radius 3 is 1.87 bits per heavy atom. The molecule has 0 saturated heterocycles. The lowest BCUT2D eigenvalue weighted by Crippen LogP contribution is -2.51. The molecular weight excluding hydrogens is 403 g/mol. The Labute approximate surface area is 176 Å². The largest absolute Gasteiger partial charge is 0.497 e. The third-order valence-electron chi connectivity index (χ3n) is 5.32. The van der Waals surface area contributed by atoms with Gasteiger partial charge in [0.1, 0.15) is 5.75 Å². The van der Waals surface area contributed by atoms with Gasteiger partial charge in [0.2, 0.25) is 0 Å². The summed E-state index contributed by atoms with van der Waals surface area (Å²) in [6.07, 6.45) is -3.56. The summed E-state index contributed by atoms with van der Waals surface area (Å²) in [6, 6.07) is 23.2. The van der Waals surface area contributed by atoms with Crippen LogP contribution in [0.4, 0.5) is 13.2 Å². The van der Waals surface area contributed by atoms with Gasteiger partial charge in [-0.3, -0.25) is 0 Å². The Morgan fingerprint density at radius 1 is 0.833 bits per heavy atom. The summed E-state index contributed by atoms with van der Waals surface area (Å²) in [5.41, 5.74) is 1.14. The number of hydrogen-bond acceptors (Lipinski definition) is 2. The van der Waals surface area contributed by atoms with Crippen molar-refractivity contribution in [2.45, 2.75) is 25.3 Å². The van der Waals surface area contributed by atoms with E-state index in [2.05, 4.69) is 30.5 Å². The number of methoxy groups -OCH3 is 1. The molecule has 0 aromatic heterocycles. The Bertz CT molecular complexity index is 939. The van der Waals surface area contributed by atoms with Crippen LogP contribution in [0.5, 0.6) is 5.75 Å². The number of hydrogen-bond donors (Lipinski definition) is 1. The highest BCUT2D eigenvalue weighted by molar-refractivity contribution is 6.90. The van der Waals surface area contributed by atoms with E-state index >= 15 is 0 Å². The van der Waals surface area contributed by atoms with Gasteiger partial charge >= 0.3 is 6.18 Å². The second-order valence-corrected chi connectivity index (χ2v) is 12.7. The van der Waals surface area contributed by atoms with Crippen LogP contribution in [0.25, 0.3) is 0 Å². The summed E-state index contributed by atoms with van der Waals surface area (Å²) in [7, 11) is -0.177. The third kappa shape index (κ3) is 5.32. The standard InChI is InChI=1S/C24H26F3NOSi/c1-29-21-15-11-19(12-16-21)23(18-9-13-20(14-10-18)24(25,26)27)28-17-30(2,3)22-7-5-4-6-8-22/h4-16,23,28H,17H2,1-3H3. The second kappa shape index (κ2) is 9.06. The number of benzene rings is 3. The molecule has 0 heterocycles. The van der Waals surface area contributed by atoms with Gasteiger partial charge in [0, 0.05) is 0 Å². The summed E-state index contributed by atoms with van der Waals surface area (Å²) in [4.78, 5) is 0. The van der Waals surface area contributed by atoms with Crippen molar-refractivity contribution in [3.05, 3.63) is 95.6 Å². The van der Waals surface area contributed by atoms with Crippen LogP contribution in [-0.4, -0.2) is 21.4 Å². The van der Waals surface area contributed by atoms with Crippen molar-refractivity contribution in [3.63, 3.8) is 0 Å². The van der Waals surface area contributed by atoms with Crippen LogP contribution in [0.2, 0.25) is 13.1 Å². The van der Waals surface area contributed by atoms with Gasteiger partial charge < -0.3 is 10.1 Å². The predicted molar refractivity (Wildman–Crippen MR) is 118 cm³/mol. The van der Waals surface area contributed by atoms with Crippen LogP contribution in [0.3, 0.4) is 0 Å². The van der Waals surface area contributed by atoms with Crippen molar-refractivity contribution in [1.29, 1.82) is 0 Å². The predicted octanol–water partition coefficient (Wildman–Crippen LogP) is 5.55. The molecule has 1 atom stereocenters. The lowest BCUT2D eigenvalue weighted by molar-refractivity contribution is -0.137. The van der Waals surface area contributed by atoms with Crippen LogP contribution in [0.15, 0.2) is 78.9 Å². The maximum Gasteiger partial charge on any atom is 0.416 e. The molecule has 3 rings (SSSR count). The molecule has 0 spiro atoms. The van der Waals surface area contributed by atoms with Crippen LogP contribution in [0, 0.1) is 0 Å². The van der Waals surface area contributed by atoms with Crippen molar-refractivity contribution in [3.8, 4) is 5.75 Å². The molecule has 3 aromatic carbocycles. The van der Waals surface area contributed by atoms with E-state index in [0.29, 0.717) is 0 Å². The summed E-state index contributed by atoms with van der Waals surface area (Å²) in [6.45, 7) is 4.57. The highest BCUT2D eigenvalue weighted by Crippen LogP contribution is 2.31. The Kier molecular flexibility index (Phi) is 6.68. The molecular formula is C24H26F3NOSi.